The lowest BCUT2D eigenvalue weighted by atomic mass is 9.85. The summed E-state index contributed by atoms with van der Waals surface area (Å²) in [4.78, 5) is 13.3. The van der Waals surface area contributed by atoms with Crippen LogP contribution in [-0.2, 0) is 4.74 Å². The number of nitrogens with zero attached hydrogens (tertiary/aromatic N) is 4. The van der Waals surface area contributed by atoms with Gasteiger partial charge in [0.05, 0.1) is 19.0 Å². The van der Waals surface area contributed by atoms with Gasteiger partial charge in [-0.25, -0.2) is 14.4 Å². The van der Waals surface area contributed by atoms with Crippen LogP contribution in [0, 0.1) is 11.7 Å². The maximum atomic E-state index is 13.1. The third-order valence-corrected chi connectivity index (χ3v) is 6.24. The van der Waals surface area contributed by atoms with Crippen molar-refractivity contribution in [3.8, 4) is 0 Å². The lowest BCUT2D eigenvalue weighted by molar-refractivity contribution is 0.0237. The predicted octanol–water partition coefficient (Wildman–Crippen LogP) is 2.87. The Morgan fingerprint density at radius 1 is 1.16 bits per heavy atom. The van der Waals surface area contributed by atoms with E-state index in [9.17, 15) is 4.39 Å². The molecule has 1 spiro atoms. The fourth-order valence-electron chi connectivity index (χ4n) is 4.60. The van der Waals surface area contributed by atoms with Gasteiger partial charge >= 0.3 is 0 Å². The number of piperidine rings is 1. The van der Waals surface area contributed by atoms with Gasteiger partial charge in [0.2, 0.25) is 5.95 Å². The average Bonchev–Trinajstić information content (AvgIpc) is 3.40. The third kappa shape index (κ3) is 3.65. The monoisotopic (exact) mass is 348 g/mol. The van der Waals surface area contributed by atoms with Gasteiger partial charge in [0.1, 0.15) is 0 Å². The number of rotatable bonds is 6. The van der Waals surface area contributed by atoms with Crippen LogP contribution in [-0.4, -0.2) is 59.3 Å². The molecule has 0 N–H and O–H groups in total. The quantitative estimate of drug-likeness (QED) is 0.791. The van der Waals surface area contributed by atoms with Gasteiger partial charge in [-0.3, -0.25) is 4.90 Å². The molecule has 0 unspecified atom stereocenters. The SMILES string of the molecule is CCOC[C@H]1CCC2(CCN(c3ncc(F)cn3)CC2)N1CC1CC1. The second kappa shape index (κ2) is 7.16. The van der Waals surface area contributed by atoms with Crippen LogP contribution in [0.1, 0.15) is 45.4 Å². The molecule has 138 valence electrons. The van der Waals surface area contributed by atoms with Crippen LogP contribution in [0.25, 0.3) is 0 Å². The van der Waals surface area contributed by atoms with Gasteiger partial charge in [-0.05, 0) is 51.4 Å². The maximum Gasteiger partial charge on any atom is 0.225 e. The molecule has 1 saturated carbocycles. The molecule has 0 bridgehead atoms. The Balaban J connectivity index is 1.43. The van der Waals surface area contributed by atoms with E-state index in [0.29, 0.717) is 17.5 Å². The van der Waals surface area contributed by atoms with Crippen molar-refractivity contribution in [2.45, 2.75) is 57.0 Å². The number of halogens is 1. The van der Waals surface area contributed by atoms with Gasteiger partial charge in [-0.1, -0.05) is 0 Å². The van der Waals surface area contributed by atoms with E-state index in [1.165, 1.54) is 44.6 Å². The van der Waals surface area contributed by atoms with E-state index in [2.05, 4.69) is 26.7 Å². The van der Waals surface area contributed by atoms with Crippen molar-refractivity contribution in [2.75, 3.05) is 37.7 Å². The highest BCUT2D eigenvalue weighted by Crippen LogP contribution is 2.45. The number of ether oxygens (including phenoxy) is 1. The summed E-state index contributed by atoms with van der Waals surface area (Å²) < 4.78 is 18.8. The summed E-state index contributed by atoms with van der Waals surface area (Å²) >= 11 is 0. The fourth-order valence-corrected chi connectivity index (χ4v) is 4.60. The molecule has 6 heteroatoms. The lowest BCUT2D eigenvalue weighted by Gasteiger charge is -2.46. The van der Waals surface area contributed by atoms with E-state index in [4.69, 9.17) is 4.74 Å². The topological polar surface area (TPSA) is 41.5 Å². The molecule has 1 aliphatic carbocycles. The zero-order valence-electron chi connectivity index (χ0n) is 15.2. The summed E-state index contributed by atoms with van der Waals surface area (Å²) in [5, 5.41) is 0. The summed E-state index contributed by atoms with van der Waals surface area (Å²) in [5.41, 5.74) is 0.320. The van der Waals surface area contributed by atoms with E-state index < -0.39 is 0 Å². The first kappa shape index (κ1) is 17.2. The van der Waals surface area contributed by atoms with Crippen LogP contribution < -0.4 is 4.90 Å². The molecule has 1 atom stereocenters. The smallest absolute Gasteiger partial charge is 0.225 e. The van der Waals surface area contributed by atoms with Crippen molar-refractivity contribution >= 4 is 5.95 Å². The van der Waals surface area contributed by atoms with Crippen molar-refractivity contribution in [1.29, 1.82) is 0 Å². The number of likely N-dealkylation sites (tertiary alicyclic amines) is 1. The molecular weight excluding hydrogens is 319 g/mol. The molecule has 1 aromatic rings. The van der Waals surface area contributed by atoms with Gasteiger partial charge in [0, 0.05) is 37.8 Å². The molecule has 25 heavy (non-hydrogen) atoms. The Bertz CT molecular complexity index is 569. The lowest BCUT2D eigenvalue weighted by Crippen LogP contribution is -2.55. The van der Waals surface area contributed by atoms with Crippen LogP contribution in [0.2, 0.25) is 0 Å². The molecule has 2 aliphatic heterocycles. The van der Waals surface area contributed by atoms with Crippen LogP contribution in [0.4, 0.5) is 10.3 Å². The van der Waals surface area contributed by atoms with E-state index in [1.807, 2.05) is 0 Å². The Kier molecular flexibility index (Phi) is 4.91. The highest BCUT2D eigenvalue weighted by Gasteiger charge is 2.49. The molecule has 1 aromatic heterocycles. The number of aromatic nitrogens is 2. The first-order chi connectivity index (χ1) is 12.2. The summed E-state index contributed by atoms with van der Waals surface area (Å²) in [6.45, 7) is 6.90. The molecule has 3 fully saturated rings. The van der Waals surface area contributed by atoms with Crippen molar-refractivity contribution < 1.29 is 9.13 Å². The summed E-state index contributed by atoms with van der Waals surface area (Å²) in [6.07, 6.45) is 10.1. The summed E-state index contributed by atoms with van der Waals surface area (Å²) in [6, 6.07) is 0.578. The zero-order valence-corrected chi connectivity index (χ0v) is 15.2. The van der Waals surface area contributed by atoms with Gasteiger partial charge in [0.25, 0.3) is 0 Å². The molecule has 4 rings (SSSR count). The fraction of sp³-hybridized carbons (Fsp3) is 0.789. The van der Waals surface area contributed by atoms with Crippen molar-refractivity contribution in [3.63, 3.8) is 0 Å². The molecule has 0 aromatic carbocycles. The van der Waals surface area contributed by atoms with Gasteiger partial charge in [-0.15, -0.1) is 0 Å². The second-order valence-electron chi connectivity index (χ2n) is 7.86. The number of hydrogen-bond donors (Lipinski definition) is 0. The zero-order chi connectivity index (χ0) is 17.3. The van der Waals surface area contributed by atoms with Crippen molar-refractivity contribution in [3.05, 3.63) is 18.2 Å². The third-order valence-electron chi connectivity index (χ3n) is 6.24. The maximum absolute atomic E-state index is 13.1. The Morgan fingerprint density at radius 3 is 2.52 bits per heavy atom. The van der Waals surface area contributed by atoms with Crippen LogP contribution >= 0.6 is 0 Å². The molecule has 5 nitrogen and oxygen atoms in total. The molecule has 0 amide bonds. The number of hydrogen-bond acceptors (Lipinski definition) is 5. The second-order valence-corrected chi connectivity index (χ2v) is 7.86. The molecule has 3 heterocycles. The molecule has 2 saturated heterocycles. The van der Waals surface area contributed by atoms with Gasteiger partial charge < -0.3 is 9.64 Å². The Morgan fingerprint density at radius 2 is 1.88 bits per heavy atom. The number of anilines is 1. The van der Waals surface area contributed by atoms with Crippen molar-refractivity contribution in [1.82, 2.24) is 14.9 Å². The predicted molar refractivity (Wildman–Crippen MR) is 95.1 cm³/mol. The first-order valence-electron chi connectivity index (χ1n) is 9.77. The molecule has 3 aliphatic rings. The normalized spacial score (nSPS) is 26.5. The highest BCUT2D eigenvalue weighted by atomic mass is 19.1. The Labute approximate surface area is 149 Å². The van der Waals surface area contributed by atoms with Crippen LogP contribution in [0.15, 0.2) is 12.4 Å². The van der Waals surface area contributed by atoms with Gasteiger partial charge in [-0.2, -0.15) is 0 Å². The summed E-state index contributed by atoms with van der Waals surface area (Å²) in [5.74, 6) is 1.19. The van der Waals surface area contributed by atoms with E-state index in [1.54, 1.807) is 0 Å². The largest absolute Gasteiger partial charge is 0.380 e. The minimum atomic E-state index is -0.373. The first-order valence-corrected chi connectivity index (χ1v) is 9.77. The minimum absolute atomic E-state index is 0.320. The molecular formula is C19H29FN4O. The standard InChI is InChI=1S/C19H29FN4O/c1-2-25-14-17-5-6-19(24(17)13-15-3-4-15)7-9-23(10-8-19)18-21-11-16(20)12-22-18/h11-12,15,17H,2-10,13-14H2,1H3/t17-/m1/s1. The van der Waals surface area contributed by atoms with Crippen LogP contribution in [0.5, 0.6) is 0 Å². The Hall–Kier alpha value is -1.27. The van der Waals surface area contributed by atoms with E-state index >= 15 is 0 Å². The molecule has 0 radical (unpaired) electrons. The van der Waals surface area contributed by atoms with E-state index in [-0.39, 0.29) is 5.82 Å². The minimum Gasteiger partial charge on any atom is -0.380 e. The van der Waals surface area contributed by atoms with E-state index in [0.717, 1.165) is 45.1 Å². The highest BCUT2D eigenvalue weighted by molar-refractivity contribution is 5.30. The average molecular weight is 348 g/mol. The summed E-state index contributed by atoms with van der Waals surface area (Å²) in [7, 11) is 0. The van der Waals surface area contributed by atoms with Crippen molar-refractivity contribution in [2.24, 2.45) is 5.92 Å². The van der Waals surface area contributed by atoms with Gasteiger partial charge in [0.15, 0.2) is 5.82 Å². The van der Waals surface area contributed by atoms with Crippen LogP contribution in [0.3, 0.4) is 0 Å².